The van der Waals surface area contributed by atoms with E-state index >= 15 is 0 Å². The Kier molecular flexibility index (Phi) is 8.10. The number of anilines is 2. The summed E-state index contributed by atoms with van der Waals surface area (Å²) in [5.41, 5.74) is 2.15. The van der Waals surface area contributed by atoms with Crippen molar-refractivity contribution in [3.8, 4) is 11.4 Å². The van der Waals surface area contributed by atoms with E-state index in [4.69, 9.17) is 16.3 Å². The molecule has 1 unspecified atom stereocenters. The monoisotopic (exact) mass is 587 g/mol. The van der Waals surface area contributed by atoms with E-state index in [1.54, 1.807) is 61.7 Å². The summed E-state index contributed by atoms with van der Waals surface area (Å²) >= 11 is 6.15. The van der Waals surface area contributed by atoms with Crippen LogP contribution in [0.4, 0.5) is 11.4 Å². The van der Waals surface area contributed by atoms with Gasteiger partial charge in [-0.2, -0.15) is 14.1 Å². The third kappa shape index (κ3) is 6.60. The quantitative estimate of drug-likeness (QED) is 0.346. The number of nitrogens with zero attached hydrogens (tertiary/aromatic N) is 4. The van der Waals surface area contributed by atoms with Gasteiger partial charge >= 0.3 is 5.56 Å². The second-order valence-corrected chi connectivity index (χ2v) is 13.2. The van der Waals surface area contributed by atoms with Crippen LogP contribution in [-0.4, -0.2) is 66.6 Å². The van der Waals surface area contributed by atoms with Gasteiger partial charge in [0.2, 0.25) is 15.8 Å². The van der Waals surface area contributed by atoms with Gasteiger partial charge in [-0.05, 0) is 55.7 Å². The lowest BCUT2D eigenvalue weighted by Crippen LogP contribution is -2.49. The van der Waals surface area contributed by atoms with Crippen molar-refractivity contribution in [3.05, 3.63) is 75.7 Å². The smallest absolute Gasteiger partial charge is 0.316 e. The summed E-state index contributed by atoms with van der Waals surface area (Å²) in [7, 11) is -3.55. The summed E-state index contributed by atoms with van der Waals surface area (Å²) in [5.74, 6) is 0.0943. The zero-order valence-corrected chi connectivity index (χ0v) is 24.2. The maximum absolute atomic E-state index is 13.6. The fourth-order valence-electron chi connectivity index (χ4n) is 4.63. The maximum Gasteiger partial charge on any atom is 0.316 e. The van der Waals surface area contributed by atoms with Crippen molar-refractivity contribution >= 4 is 33.0 Å². The Morgan fingerprint density at radius 1 is 1.12 bits per heavy atom. The number of aromatic nitrogens is 2. The summed E-state index contributed by atoms with van der Waals surface area (Å²) in [6, 6.07) is 13.9. The first-order valence-corrected chi connectivity index (χ1v) is 15.3. The Morgan fingerprint density at radius 2 is 1.82 bits per heavy atom. The third-order valence-corrected chi connectivity index (χ3v) is 9.37. The van der Waals surface area contributed by atoms with Crippen LogP contribution in [0.2, 0.25) is 5.02 Å². The van der Waals surface area contributed by atoms with Crippen LogP contribution in [0.3, 0.4) is 0 Å². The lowest BCUT2D eigenvalue weighted by Gasteiger charge is -2.35. The average Bonchev–Trinajstić information content (AvgIpc) is 3.65. The van der Waals surface area contributed by atoms with Gasteiger partial charge in [0, 0.05) is 42.3 Å². The zero-order chi connectivity index (χ0) is 28.5. The Balaban J connectivity index is 1.31. The molecule has 0 radical (unpaired) electrons. The highest BCUT2D eigenvalue weighted by molar-refractivity contribution is 7.88. The number of nitrogens with one attached hydrogen (secondary N) is 1. The van der Waals surface area contributed by atoms with E-state index < -0.39 is 16.3 Å². The molecule has 10 nitrogen and oxygen atoms in total. The molecule has 1 aliphatic carbocycles. The number of benzene rings is 2. The van der Waals surface area contributed by atoms with Crippen molar-refractivity contribution in [2.45, 2.75) is 38.7 Å². The predicted octanol–water partition coefficient (Wildman–Crippen LogP) is 3.47. The van der Waals surface area contributed by atoms with E-state index in [-0.39, 0.29) is 35.6 Å². The maximum atomic E-state index is 13.6. The number of aliphatic hydroxyl groups excluding tert-OH is 1. The van der Waals surface area contributed by atoms with Crippen LogP contribution in [0.25, 0.3) is 5.69 Å². The minimum atomic E-state index is -3.55. The molecule has 1 saturated heterocycles. The first-order valence-electron chi connectivity index (χ1n) is 13.3. The SMILES string of the molecule is CC(O)Nc1ccc(CS(=O)(=O)N2CCN(c3cnn(-c4cccc(Cl)c4)c(=O)c3OCC3(C)CC3)CC2)cc1. The molecule has 12 heteroatoms. The predicted molar refractivity (Wildman–Crippen MR) is 156 cm³/mol. The lowest BCUT2D eigenvalue weighted by atomic mass is 10.2. The zero-order valence-electron chi connectivity index (χ0n) is 22.6. The van der Waals surface area contributed by atoms with Gasteiger partial charge < -0.3 is 20.1 Å². The molecule has 3 aromatic rings. The highest BCUT2D eigenvalue weighted by Gasteiger charge is 2.39. The minimum absolute atomic E-state index is 0.0608. The molecule has 2 fully saturated rings. The molecule has 1 aromatic heterocycles. The summed E-state index contributed by atoms with van der Waals surface area (Å²) < 4.78 is 35.3. The van der Waals surface area contributed by atoms with Crippen molar-refractivity contribution in [2.75, 3.05) is 43.0 Å². The normalized spacial score (nSPS) is 17.9. The first kappa shape index (κ1) is 28.4. The second-order valence-electron chi connectivity index (χ2n) is 10.8. The minimum Gasteiger partial charge on any atom is -0.486 e. The molecule has 2 heterocycles. The summed E-state index contributed by atoms with van der Waals surface area (Å²) in [6.07, 6.45) is 3.01. The van der Waals surface area contributed by atoms with Crippen molar-refractivity contribution in [1.82, 2.24) is 14.1 Å². The topological polar surface area (TPSA) is 117 Å². The number of piperazine rings is 1. The number of hydrogen-bond acceptors (Lipinski definition) is 8. The van der Waals surface area contributed by atoms with Crippen LogP contribution in [0.1, 0.15) is 32.3 Å². The fraction of sp³-hybridized carbons (Fsp3) is 0.429. The van der Waals surface area contributed by atoms with Gasteiger partial charge in [-0.15, -0.1) is 0 Å². The summed E-state index contributed by atoms with van der Waals surface area (Å²) in [4.78, 5) is 15.5. The van der Waals surface area contributed by atoms with Gasteiger partial charge in [-0.25, -0.2) is 8.42 Å². The molecule has 2 aliphatic rings. The molecule has 214 valence electrons. The molecule has 0 bridgehead atoms. The van der Waals surface area contributed by atoms with E-state index in [0.29, 0.717) is 47.3 Å². The molecule has 40 heavy (non-hydrogen) atoms. The van der Waals surface area contributed by atoms with Gasteiger partial charge in [0.05, 0.1) is 24.2 Å². The molecule has 1 atom stereocenters. The Labute approximate surface area is 239 Å². The molecule has 5 rings (SSSR count). The number of rotatable bonds is 10. The van der Waals surface area contributed by atoms with Crippen LogP contribution in [0.15, 0.2) is 59.5 Å². The van der Waals surface area contributed by atoms with Crippen LogP contribution in [-0.2, 0) is 15.8 Å². The van der Waals surface area contributed by atoms with E-state index in [1.165, 1.54) is 8.99 Å². The van der Waals surface area contributed by atoms with Gasteiger partial charge in [0.25, 0.3) is 0 Å². The van der Waals surface area contributed by atoms with Crippen LogP contribution in [0.5, 0.6) is 5.75 Å². The Hall–Kier alpha value is -3.12. The first-order chi connectivity index (χ1) is 19.0. The highest BCUT2D eigenvalue weighted by Crippen LogP contribution is 2.45. The number of aliphatic hydroxyl groups is 1. The van der Waals surface area contributed by atoms with Gasteiger partial charge in [0.15, 0.2) is 0 Å². The van der Waals surface area contributed by atoms with Gasteiger partial charge in [0.1, 0.15) is 11.9 Å². The molecule has 0 amide bonds. The molecule has 1 saturated carbocycles. The molecular weight excluding hydrogens is 554 g/mol. The Morgan fingerprint density at radius 3 is 2.45 bits per heavy atom. The summed E-state index contributed by atoms with van der Waals surface area (Å²) in [5, 5.41) is 17.2. The number of hydrogen-bond donors (Lipinski definition) is 2. The average molecular weight is 588 g/mol. The van der Waals surface area contributed by atoms with Crippen molar-refractivity contribution in [3.63, 3.8) is 0 Å². The van der Waals surface area contributed by atoms with Gasteiger partial charge in [-0.3, -0.25) is 4.79 Å². The summed E-state index contributed by atoms with van der Waals surface area (Å²) in [6.45, 7) is 5.51. The van der Waals surface area contributed by atoms with E-state index in [9.17, 15) is 18.3 Å². The van der Waals surface area contributed by atoms with Crippen molar-refractivity contribution in [2.24, 2.45) is 5.41 Å². The molecule has 0 spiro atoms. The van der Waals surface area contributed by atoms with E-state index in [0.717, 1.165) is 12.8 Å². The largest absolute Gasteiger partial charge is 0.486 e. The molecule has 2 aromatic carbocycles. The van der Waals surface area contributed by atoms with E-state index in [2.05, 4.69) is 17.3 Å². The second kappa shape index (κ2) is 11.4. The van der Waals surface area contributed by atoms with Crippen LogP contribution >= 0.6 is 11.6 Å². The van der Waals surface area contributed by atoms with Gasteiger partial charge in [-0.1, -0.05) is 36.7 Å². The van der Waals surface area contributed by atoms with E-state index in [1.807, 2.05) is 4.90 Å². The standard InChI is InChI=1S/C28H34ClN5O5S/c1-20(35)31-23-8-6-21(7-9-23)18-40(37,38)33-14-12-32(13-15-33)25-17-30-34(24-5-3-4-22(29)16-24)27(36)26(25)39-19-28(2)10-11-28/h3-9,16-17,20,31,35H,10-15,18-19H2,1-2H3. The third-order valence-electron chi connectivity index (χ3n) is 7.29. The number of ether oxygens (including phenoxy) is 1. The molecular formula is C28H34ClN5O5S. The Bertz CT molecular complexity index is 1510. The lowest BCUT2D eigenvalue weighted by molar-refractivity contribution is 0.224. The number of halogens is 1. The van der Waals surface area contributed by atoms with Crippen LogP contribution < -0.4 is 20.5 Å². The number of sulfonamides is 1. The highest BCUT2D eigenvalue weighted by atomic mass is 35.5. The molecule has 1 aliphatic heterocycles. The van der Waals surface area contributed by atoms with Crippen molar-refractivity contribution in [1.29, 1.82) is 0 Å². The van der Waals surface area contributed by atoms with Crippen LogP contribution in [0, 0.1) is 5.41 Å². The fourth-order valence-corrected chi connectivity index (χ4v) is 6.33. The van der Waals surface area contributed by atoms with Crippen molar-refractivity contribution < 1.29 is 18.3 Å². The molecule has 2 N–H and O–H groups in total.